The lowest BCUT2D eigenvalue weighted by Crippen LogP contribution is -2.57. The van der Waals surface area contributed by atoms with Crippen molar-refractivity contribution in [2.75, 3.05) is 6.61 Å². The van der Waals surface area contributed by atoms with Crippen LogP contribution < -0.4 is 5.32 Å². The summed E-state index contributed by atoms with van der Waals surface area (Å²) >= 11 is 0. The number of nitrogens with zero attached hydrogens (tertiary/aromatic N) is 1. The molecule has 8 heteroatoms. The van der Waals surface area contributed by atoms with E-state index in [0.717, 1.165) is 56.2 Å². The van der Waals surface area contributed by atoms with E-state index in [2.05, 4.69) is 30.4 Å². The van der Waals surface area contributed by atoms with Gasteiger partial charge in [-0.2, -0.15) is 0 Å². The molecule has 0 saturated heterocycles. The van der Waals surface area contributed by atoms with Gasteiger partial charge in [0.05, 0.1) is 11.3 Å². The predicted molar refractivity (Wildman–Crippen MR) is 146 cm³/mol. The molecule has 39 heavy (non-hydrogen) atoms. The van der Waals surface area contributed by atoms with Gasteiger partial charge < -0.3 is 20.4 Å². The minimum absolute atomic E-state index is 0.0739. The Kier molecular flexibility index (Phi) is 7.20. The molecule has 6 atom stereocenters. The maximum atomic E-state index is 12.4. The summed E-state index contributed by atoms with van der Waals surface area (Å²) in [7, 11) is 0. The predicted octanol–water partition coefficient (Wildman–Crippen LogP) is 4.66. The zero-order valence-electron chi connectivity index (χ0n) is 23.2. The molecule has 0 aromatic heterocycles. The highest BCUT2D eigenvalue weighted by Gasteiger charge is 2.65. The topological polar surface area (TPSA) is 125 Å². The fourth-order valence-corrected chi connectivity index (χ4v) is 8.43. The van der Waals surface area contributed by atoms with E-state index in [1.54, 1.807) is 19.1 Å². The monoisotopic (exact) mass is 536 g/mol. The van der Waals surface area contributed by atoms with E-state index in [4.69, 9.17) is 9.94 Å². The number of carboxylic acids is 1. The molecule has 3 saturated carbocycles. The number of carbonyl (C=O) groups excluding carboxylic acids is 2. The minimum atomic E-state index is -1.18. The third kappa shape index (κ3) is 4.71. The number of ketones is 1. The summed E-state index contributed by atoms with van der Waals surface area (Å²) in [5, 5.41) is 27.4. The van der Waals surface area contributed by atoms with Crippen molar-refractivity contribution < 1.29 is 29.4 Å². The SMILES string of the molecule is CC(=O)[C@@]1(O)CC[C@H]2[C@@H]3CCC4=CC(=NOCC(=O)NCc5ccc(C(=O)O)cc5)CC[C@]4(C)[C@H]3CC[C@@]21C. The lowest BCUT2D eigenvalue weighted by atomic mass is 9.46. The van der Waals surface area contributed by atoms with Gasteiger partial charge in [0.25, 0.3) is 5.91 Å². The summed E-state index contributed by atoms with van der Waals surface area (Å²) in [6.45, 7) is 6.20. The molecule has 3 fully saturated rings. The normalized spacial score (nSPS) is 36.3. The second-order valence-electron chi connectivity index (χ2n) is 12.5. The number of allylic oxidation sites excluding steroid dienone is 2. The lowest BCUT2D eigenvalue weighted by Gasteiger charge is -2.59. The Bertz CT molecular complexity index is 1220. The maximum Gasteiger partial charge on any atom is 0.335 e. The van der Waals surface area contributed by atoms with E-state index in [1.807, 2.05) is 0 Å². The fraction of sp³-hybridized carbons (Fsp3) is 0.613. The Labute approximate surface area is 229 Å². The zero-order chi connectivity index (χ0) is 28.0. The average molecular weight is 537 g/mol. The molecule has 0 radical (unpaired) electrons. The van der Waals surface area contributed by atoms with Crippen LogP contribution in [0, 0.1) is 28.6 Å². The quantitative estimate of drug-likeness (QED) is 0.436. The second kappa shape index (κ2) is 10.2. The first kappa shape index (κ1) is 27.6. The van der Waals surface area contributed by atoms with E-state index in [0.29, 0.717) is 24.2 Å². The number of rotatable bonds is 7. The van der Waals surface area contributed by atoms with Crippen LogP contribution in [0.4, 0.5) is 0 Å². The number of aliphatic hydroxyl groups is 1. The number of benzene rings is 1. The number of aromatic carboxylic acids is 1. The smallest absolute Gasteiger partial charge is 0.335 e. The molecule has 1 aromatic rings. The van der Waals surface area contributed by atoms with Gasteiger partial charge in [0, 0.05) is 12.0 Å². The summed E-state index contributed by atoms with van der Waals surface area (Å²) in [4.78, 5) is 41.0. The molecular weight excluding hydrogens is 496 g/mol. The number of nitrogens with one attached hydrogen (secondary N) is 1. The van der Waals surface area contributed by atoms with Crippen molar-refractivity contribution in [2.24, 2.45) is 33.7 Å². The standard InChI is InChI=1S/C31H40N2O6/c1-19(34)31(38)15-12-26-24-9-8-22-16-23(10-13-29(22,2)25(24)11-14-30(26,31)3)33-39-18-27(35)32-17-20-4-6-21(7-5-20)28(36)37/h4-7,16,24-26,38H,8-15,17-18H2,1-3H3,(H,32,35)(H,36,37)/t24-,25+,26+,29+,30+,31+/m1/s1. The zero-order valence-corrected chi connectivity index (χ0v) is 23.2. The third-order valence-corrected chi connectivity index (χ3v) is 10.8. The van der Waals surface area contributed by atoms with Crippen molar-refractivity contribution in [3.8, 4) is 0 Å². The van der Waals surface area contributed by atoms with Gasteiger partial charge in [-0.25, -0.2) is 4.79 Å². The Hall–Kier alpha value is -3.00. The average Bonchev–Trinajstić information content (AvgIpc) is 3.19. The van der Waals surface area contributed by atoms with Crippen LogP contribution >= 0.6 is 0 Å². The molecule has 8 nitrogen and oxygen atoms in total. The molecular formula is C31H40N2O6. The molecule has 0 aliphatic heterocycles. The Balaban J connectivity index is 1.18. The number of hydrogen-bond acceptors (Lipinski definition) is 6. The van der Waals surface area contributed by atoms with Crippen LogP contribution in [0.5, 0.6) is 0 Å². The maximum absolute atomic E-state index is 12.4. The van der Waals surface area contributed by atoms with Gasteiger partial charge in [0.15, 0.2) is 12.4 Å². The van der Waals surface area contributed by atoms with Crippen LogP contribution in [-0.2, 0) is 21.0 Å². The number of carboxylic acid groups (broad SMARTS) is 1. The summed E-state index contributed by atoms with van der Waals surface area (Å²) in [6.07, 6.45) is 9.46. The number of hydrogen-bond donors (Lipinski definition) is 3. The number of Topliss-reactive ketones (excluding diaryl/α,β-unsaturated/α-hetero) is 1. The van der Waals surface area contributed by atoms with Crippen molar-refractivity contribution in [3.63, 3.8) is 0 Å². The van der Waals surface area contributed by atoms with E-state index in [-0.39, 0.29) is 41.2 Å². The fourth-order valence-electron chi connectivity index (χ4n) is 8.43. The molecule has 4 aliphatic carbocycles. The van der Waals surface area contributed by atoms with Crippen molar-refractivity contribution in [3.05, 3.63) is 47.0 Å². The van der Waals surface area contributed by atoms with Crippen LogP contribution in [0.1, 0.15) is 88.1 Å². The van der Waals surface area contributed by atoms with Crippen LogP contribution in [0.2, 0.25) is 0 Å². The Morgan fingerprint density at radius 1 is 1.03 bits per heavy atom. The van der Waals surface area contributed by atoms with Crippen molar-refractivity contribution in [1.82, 2.24) is 5.32 Å². The van der Waals surface area contributed by atoms with Crippen molar-refractivity contribution in [2.45, 2.75) is 84.3 Å². The van der Waals surface area contributed by atoms with Crippen LogP contribution in [0.3, 0.4) is 0 Å². The third-order valence-electron chi connectivity index (χ3n) is 10.8. The number of carbonyl (C=O) groups is 3. The summed E-state index contributed by atoms with van der Waals surface area (Å²) in [5.74, 6) is 0.108. The van der Waals surface area contributed by atoms with E-state index in [1.165, 1.54) is 17.7 Å². The number of oxime groups is 1. The molecule has 4 aliphatic rings. The lowest BCUT2D eigenvalue weighted by molar-refractivity contribution is -0.159. The van der Waals surface area contributed by atoms with Crippen LogP contribution in [0.25, 0.3) is 0 Å². The highest BCUT2D eigenvalue weighted by atomic mass is 16.6. The van der Waals surface area contributed by atoms with Gasteiger partial charge in [-0.15, -0.1) is 0 Å². The molecule has 0 unspecified atom stereocenters. The molecule has 5 rings (SSSR count). The minimum Gasteiger partial charge on any atom is -0.478 e. The molecule has 0 heterocycles. The largest absolute Gasteiger partial charge is 0.478 e. The van der Waals surface area contributed by atoms with E-state index < -0.39 is 11.6 Å². The van der Waals surface area contributed by atoms with Gasteiger partial charge in [-0.1, -0.05) is 36.7 Å². The van der Waals surface area contributed by atoms with Crippen molar-refractivity contribution in [1.29, 1.82) is 0 Å². The second-order valence-corrected chi connectivity index (χ2v) is 12.5. The van der Waals surface area contributed by atoms with Gasteiger partial charge in [-0.3, -0.25) is 9.59 Å². The number of amides is 1. The number of fused-ring (bicyclic) bond motifs is 5. The highest BCUT2D eigenvalue weighted by molar-refractivity contribution is 5.96. The molecule has 1 amide bonds. The summed E-state index contributed by atoms with van der Waals surface area (Å²) in [6, 6.07) is 6.37. The molecule has 210 valence electrons. The van der Waals surface area contributed by atoms with Crippen LogP contribution in [-0.4, -0.2) is 45.8 Å². The molecule has 0 bridgehead atoms. The van der Waals surface area contributed by atoms with Crippen LogP contribution in [0.15, 0.2) is 41.1 Å². The highest BCUT2D eigenvalue weighted by Crippen LogP contribution is 2.67. The Morgan fingerprint density at radius 3 is 2.44 bits per heavy atom. The molecule has 1 aromatic carbocycles. The summed E-state index contributed by atoms with van der Waals surface area (Å²) < 4.78 is 0. The molecule has 0 spiro atoms. The molecule has 3 N–H and O–H groups in total. The first-order chi connectivity index (χ1) is 18.5. The van der Waals surface area contributed by atoms with Gasteiger partial charge in [0.1, 0.15) is 5.60 Å². The first-order valence-electron chi connectivity index (χ1n) is 14.2. The van der Waals surface area contributed by atoms with Crippen molar-refractivity contribution >= 4 is 23.4 Å². The van der Waals surface area contributed by atoms with E-state index in [9.17, 15) is 19.5 Å². The summed E-state index contributed by atoms with van der Waals surface area (Å²) in [5.41, 5.74) is 1.87. The van der Waals surface area contributed by atoms with Gasteiger partial charge >= 0.3 is 5.97 Å². The van der Waals surface area contributed by atoms with Gasteiger partial charge in [0.2, 0.25) is 0 Å². The van der Waals surface area contributed by atoms with E-state index >= 15 is 0 Å². The van der Waals surface area contributed by atoms with Gasteiger partial charge in [-0.05, 0) is 105 Å². The first-order valence-corrected chi connectivity index (χ1v) is 14.2. The Morgan fingerprint density at radius 2 is 1.74 bits per heavy atom.